The van der Waals surface area contributed by atoms with Crippen molar-refractivity contribution in [3.63, 3.8) is 0 Å². The van der Waals surface area contributed by atoms with E-state index < -0.39 is 0 Å². The molecule has 7 nitrogen and oxygen atoms in total. The molecule has 1 N–H and O–H groups in total. The highest BCUT2D eigenvalue weighted by Gasteiger charge is 2.36. The molecule has 0 amide bonds. The molecule has 2 aliphatic heterocycles. The molecule has 8 heteroatoms. The second-order valence-corrected chi connectivity index (χ2v) is 7.14. The minimum Gasteiger partial charge on any atom is -0.356 e. The molecular formula is C14H17N5O2S. The highest BCUT2D eigenvalue weighted by Crippen LogP contribution is 2.37. The van der Waals surface area contributed by atoms with Gasteiger partial charge in [0.05, 0.1) is 10.3 Å². The molecule has 2 fully saturated rings. The summed E-state index contributed by atoms with van der Waals surface area (Å²) in [7, 11) is 2.04. The zero-order valence-corrected chi connectivity index (χ0v) is 13.0. The largest absolute Gasteiger partial charge is 0.356 e. The van der Waals surface area contributed by atoms with Crippen LogP contribution in [-0.4, -0.2) is 40.1 Å². The van der Waals surface area contributed by atoms with Crippen molar-refractivity contribution < 1.29 is 4.92 Å². The Kier molecular flexibility index (Phi) is 3.23. The van der Waals surface area contributed by atoms with Crippen LogP contribution in [0.4, 0.5) is 10.8 Å². The maximum absolute atomic E-state index is 11.0. The van der Waals surface area contributed by atoms with Crippen LogP contribution < -0.4 is 10.2 Å². The molecule has 2 unspecified atom stereocenters. The number of hydrogen-bond donors (Lipinski definition) is 1. The van der Waals surface area contributed by atoms with Gasteiger partial charge in [0.2, 0.25) is 0 Å². The molecule has 2 aromatic heterocycles. The first kappa shape index (κ1) is 13.8. The number of hydrogen-bond acceptors (Lipinski definition) is 7. The highest BCUT2D eigenvalue weighted by molar-refractivity contribution is 7.21. The monoisotopic (exact) mass is 319 g/mol. The van der Waals surface area contributed by atoms with Gasteiger partial charge >= 0.3 is 5.00 Å². The van der Waals surface area contributed by atoms with Gasteiger partial charge in [0.15, 0.2) is 0 Å². The van der Waals surface area contributed by atoms with E-state index in [1.807, 2.05) is 7.05 Å². The lowest BCUT2D eigenvalue weighted by Gasteiger charge is -2.36. The summed E-state index contributed by atoms with van der Waals surface area (Å²) in [5.74, 6) is 0.806. The third-order valence-corrected chi connectivity index (χ3v) is 5.80. The van der Waals surface area contributed by atoms with Crippen LogP contribution >= 0.6 is 11.3 Å². The average Bonchev–Trinajstić information content (AvgIpc) is 3.09. The highest BCUT2D eigenvalue weighted by atomic mass is 32.1. The molecule has 0 aromatic carbocycles. The van der Waals surface area contributed by atoms with Gasteiger partial charge in [0.25, 0.3) is 0 Å². The number of piperidine rings is 1. The van der Waals surface area contributed by atoms with Crippen molar-refractivity contribution in [2.24, 2.45) is 0 Å². The van der Waals surface area contributed by atoms with Crippen molar-refractivity contribution in [3.05, 3.63) is 22.5 Å². The standard InChI is InChI=1S/C14H17N5O2S/c1-18(10-4-8-2-3-9(5-10)17-8)13-11-6-12(19(20)21)22-14(11)16-7-15-13/h6-10,17H,2-5H2,1H3. The van der Waals surface area contributed by atoms with Crippen molar-refractivity contribution in [1.29, 1.82) is 0 Å². The van der Waals surface area contributed by atoms with Crippen LogP contribution in [0.3, 0.4) is 0 Å². The van der Waals surface area contributed by atoms with E-state index in [-0.39, 0.29) is 9.92 Å². The smallest absolute Gasteiger partial charge is 0.326 e. The Morgan fingerprint density at radius 1 is 1.36 bits per heavy atom. The number of nitrogens with zero attached hydrogens (tertiary/aromatic N) is 4. The molecule has 2 aliphatic rings. The quantitative estimate of drug-likeness (QED) is 0.690. The molecule has 0 spiro atoms. The molecule has 2 bridgehead atoms. The minimum atomic E-state index is -0.360. The molecule has 116 valence electrons. The summed E-state index contributed by atoms with van der Waals surface area (Å²) in [5.41, 5.74) is 0. The molecule has 2 saturated heterocycles. The van der Waals surface area contributed by atoms with E-state index in [0.29, 0.717) is 23.0 Å². The number of anilines is 1. The summed E-state index contributed by atoms with van der Waals surface area (Å²) in [6.07, 6.45) is 6.20. The summed E-state index contributed by atoms with van der Waals surface area (Å²) in [5, 5.41) is 15.5. The van der Waals surface area contributed by atoms with Gasteiger partial charge < -0.3 is 10.2 Å². The van der Waals surface area contributed by atoms with Gasteiger partial charge in [-0.05, 0) is 37.0 Å². The summed E-state index contributed by atoms with van der Waals surface area (Å²) < 4.78 is 0. The van der Waals surface area contributed by atoms with E-state index in [2.05, 4.69) is 20.2 Å². The van der Waals surface area contributed by atoms with Gasteiger partial charge in [0, 0.05) is 31.2 Å². The van der Waals surface area contributed by atoms with Crippen LogP contribution in [0.1, 0.15) is 25.7 Å². The lowest BCUT2D eigenvalue weighted by Crippen LogP contribution is -2.47. The van der Waals surface area contributed by atoms with Gasteiger partial charge in [-0.2, -0.15) is 0 Å². The van der Waals surface area contributed by atoms with Gasteiger partial charge in [-0.1, -0.05) is 0 Å². The van der Waals surface area contributed by atoms with Gasteiger partial charge in [-0.3, -0.25) is 10.1 Å². The number of rotatable bonds is 3. The molecule has 4 rings (SSSR count). The van der Waals surface area contributed by atoms with Crippen molar-refractivity contribution in [2.45, 2.75) is 43.8 Å². The predicted octanol–water partition coefficient (Wildman–Crippen LogP) is 2.32. The van der Waals surface area contributed by atoms with Gasteiger partial charge in [-0.15, -0.1) is 0 Å². The second kappa shape index (κ2) is 5.13. The van der Waals surface area contributed by atoms with Crippen LogP contribution in [0.15, 0.2) is 12.4 Å². The lowest BCUT2D eigenvalue weighted by molar-refractivity contribution is -0.380. The molecule has 0 aliphatic carbocycles. The van der Waals surface area contributed by atoms with E-state index in [1.165, 1.54) is 19.2 Å². The fourth-order valence-electron chi connectivity index (χ4n) is 3.72. The summed E-state index contributed by atoms with van der Waals surface area (Å²) in [6.45, 7) is 0. The molecule has 2 aromatic rings. The summed E-state index contributed by atoms with van der Waals surface area (Å²) >= 11 is 1.11. The Bertz CT molecular complexity index is 721. The van der Waals surface area contributed by atoms with E-state index in [1.54, 1.807) is 6.07 Å². The van der Waals surface area contributed by atoms with Crippen LogP contribution in [-0.2, 0) is 0 Å². The Morgan fingerprint density at radius 3 is 2.77 bits per heavy atom. The average molecular weight is 319 g/mol. The Morgan fingerprint density at radius 2 is 2.09 bits per heavy atom. The number of nitro groups is 1. The van der Waals surface area contributed by atoms with E-state index >= 15 is 0 Å². The SMILES string of the molecule is CN(c1ncnc2sc([N+](=O)[O-])cc12)C1CC2CCC(C1)N2. The number of thiophene rings is 1. The van der Waals surface area contributed by atoms with Gasteiger partial charge in [-0.25, -0.2) is 9.97 Å². The van der Waals surface area contributed by atoms with Crippen LogP contribution in [0.25, 0.3) is 10.2 Å². The Labute approximate surface area is 131 Å². The fourth-order valence-corrected chi connectivity index (χ4v) is 4.53. The second-order valence-electron chi connectivity index (χ2n) is 6.13. The molecular weight excluding hydrogens is 302 g/mol. The third-order valence-electron chi connectivity index (χ3n) is 4.81. The lowest BCUT2D eigenvalue weighted by atomic mass is 9.98. The van der Waals surface area contributed by atoms with E-state index in [4.69, 9.17) is 0 Å². The maximum Gasteiger partial charge on any atom is 0.326 e. The normalized spacial score (nSPS) is 27.2. The summed E-state index contributed by atoms with van der Waals surface area (Å²) in [4.78, 5) is 22.1. The first-order valence-corrected chi connectivity index (χ1v) is 8.31. The topological polar surface area (TPSA) is 84.2 Å². The number of fused-ring (bicyclic) bond motifs is 3. The van der Waals surface area contributed by atoms with Crippen molar-refractivity contribution >= 4 is 32.4 Å². The Hall–Kier alpha value is -1.80. The molecule has 2 atom stereocenters. The van der Waals surface area contributed by atoms with Crippen LogP contribution in [0.2, 0.25) is 0 Å². The minimum absolute atomic E-state index is 0.121. The molecule has 4 heterocycles. The number of nitrogens with one attached hydrogen (secondary N) is 1. The van der Waals surface area contributed by atoms with Crippen molar-refractivity contribution in [3.8, 4) is 0 Å². The van der Waals surface area contributed by atoms with E-state index in [0.717, 1.165) is 35.4 Å². The third kappa shape index (κ3) is 2.22. The Balaban J connectivity index is 1.69. The molecule has 0 saturated carbocycles. The van der Waals surface area contributed by atoms with Crippen LogP contribution in [0.5, 0.6) is 0 Å². The van der Waals surface area contributed by atoms with Crippen LogP contribution in [0, 0.1) is 10.1 Å². The first-order valence-electron chi connectivity index (χ1n) is 7.49. The first-order chi connectivity index (χ1) is 10.6. The van der Waals surface area contributed by atoms with Crippen molar-refractivity contribution in [2.75, 3.05) is 11.9 Å². The number of aromatic nitrogens is 2. The summed E-state index contributed by atoms with van der Waals surface area (Å²) in [6, 6.07) is 3.22. The van der Waals surface area contributed by atoms with Gasteiger partial charge in [0.1, 0.15) is 17.0 Å². The zero-order chi connectivity index (χ0) is 15.3. The molecule has 22 heavy (non-hydrogen) atoms. The zero-order valence-electron chi connectivity index (χ0n) is 12.2. The predicted molar refractivity (Wildman–Crippen MR) is 85.4 cm³/mol. The van der Waals surface area contributed by atoms with E-state index in [9.17, 15) is 10.1 Å². The molecule has 0 radical (unpaired) electrons. The maximum atomic E-state index is 11.0. The fraction of sp³-hybridized carbons (Fsp3) is 0.571. The van der Waals surface area contributed by atoms with Crippen molar-refractivity contribution in [1.82, 2.24) is 15.3 Å².